The normalized spacial score (nSPS) is 16.2. The first-order chi connectivity index (χ1) is 13.5. The van der Waals surface area contributed by atoms with E-state index in [2.05, 4.69) is 10.0 Å². The molecule has 1 aliphatic rings. The molecule has 148 valence electrons. The van der Waals surface area contributed by atoms with Crippen molar-refractivity contribution in [3.63, 3.8) is 0 Å². The first-order valence-corrected chi connectivity index (χ1v) is 10.9. The highest BCUT2D eigenvalue weighted by Gasteiger charge is 2.34. The SMILES string of the molecule is CCN(CC)C(=S)SCC(=O)N1N=C(c2ccc(Cl)cc2)CC1c1ccco1. The zero-order valence-corrected chi connectivity index (χ0v) is 18.2. The zero-order valence-electron chi connectivity index (χ0n) is 15.8. The zero-order chi connectivity index (χ0) is 20.1. The van der Waals surface area contributed by atoms with E-state index in [-0.39, 0.29) is 17.7 Å². The second-order valence-electron chi connectivity index (χ2n) is 6.25. The van der Waals surface area contributed by atoms with Gasteiger partial charge in [0.15, 0.2) is 0 Å². The summed E-state index contributed by atoms with van der Waals surface area (Å²) >= 11 is 12.8. The molecule has 1 amide bonds. The fraction of sp³-hybridized carbons (Fsp3) is 0.350. The summed E-state index contributed by atoms with van der Waals surface area (Å²) in [7, 11) is 0. The van der Waals surface area contributed by atoms with Crippen molar-refractivity contribution in [2.45, 2.75) is 26.3 Å². The lowest BCUT2D eigenvalue weighted by molar-refractivity contribution is -0.130. The van der Waals surface area contributed by atoms with Crippen molar-refractivity contribution in [3.8, 4) is 0 Å². The number of carbonyl (C=O) groups is 1. The number of amides is 1. The van der Waals surface area contributed by atoms with Gasteiger partial charge in [0, 0.05) is 24.5 Å². The lowest BCUT2D eigenvalue weighted by Crippen LogP contribution is -2.31. The number of furan rings is 1. The average Bonchev–Trinajstić information content (AvgIpc) is 3.37. The third-order valence-corrected chi connectivity index (χ3v) is 6.32. The summed E-state index contributed by atoms with van der Waals surface area (Å²) in [6, 6.07) is 10.9. The Morgan fingerprint density at radius 1 is 1.32 bits per heavy atom. The Kier molecular flexibility index (Phi) is 7.15. The molecule has 0 saturated carbocycles. The number of hydrazone groups is 1. The number of hydrogen-bond acceptors (Lipinski definition) is 5. The highest BCUT2D eigenvalue weighted by atomic mass is 35.5. The predicted molar refractivity (Wildman–Crippen MR) is 119 cm³/mol. The van der Waals surface area contributed by atoms with E-state index in [4.69, 9.17) is 28.2 Å². The van der Waals surface area contributed by atoms with Gasteiger partial charge < -0.3 is 9.32 Å². The molecule has 1 unspecified atom stereocenters. The van der Waals surface area contributed by atoms with Gasteiger partial charge in [-0.1, -0.05) is 47.7 Å². The van der Waals surface area contributed by atoms with Crippen molar-refractivity contribution in [2.24, 2.45) is 5.10 Å². The molecule has 0 radical (unpaired) electrons. The van der Waals surface area contributed by atoms with E-state index in [0.29, 0.717) is 11.4 Å². The van der Waals surface area contributed by atoms with Crippen LogP contribution >= 0.6 is 35.6 Å². The van der Waals surface area contributed by atoms with Crippen molar-refractivity contribution in [1.29, 1.82) is 0 Å². The number of thiocarbonyl (C=S) groups is 1. The molecule has 28 heavy (non-hydrogen) atoms. The van der Waals surface area contributed by atoms with Crippen molar-refractivity contribution in [2.75, 3.05) is 18.8 Å². The summed E-state index contributed by atoms with van der Waals surface area (Å²) in [5.41, 5.74) is 1.78. The van der Waals surface area contributed by atoms with E-state index < -0.39 is 0 Å². The van der Waals surface area contributed by atoms with E-state index in [1.165, 1.54) is 16.8 Å². The summed E-state index contributed by atoms with van der Waals surface area (Å²) in [4.78, 5) is 15.0. The molecule has 0 N–H and O–H groups in total. The van der Waals surface area contributed by atoms with Crippen LogP contribution < -0.4 is 0 Å². The van der Waals surface area contributed by atoms with E-state index in [9.17, 15) is 4.79 Å². The molecular weight excluding hydrogens is 414 g/mol. The standard InChI is InChI=1S/C20H22ClN3O2S2/c1-3-23(4-2)20(27)28-13-19(25)24-17(18-6-5-11-26-18)12-16(22-24)14-7-9-15(21)10-8-14/h5-11,17H,3-4,12-13H2,1-2H3. The van der Waals surface area contributed by atoms with Crippen molar-refractivity contribution >= 4 is 51.5 Å². The summed E-state index contributed by atoms with van der Waals surface area (Å²) in [6.07, 6.45) is 2.20. The molecule has 1 aliphatic heterocycles. The summed E-state index contributed by atoms with van der Waals surface area (Å²) in [5.74, 6) is 0.867. The molecule has 1 aromatic heterocycles. The molecule has 1 atom stereocenters. The van der Waals surface area contributed by atoms with Gasteiger partial charge in [0.05, 0.1) is 17.7 Å². The third kappa shape index (κ3) is 4.77. The van der Waals surface area contributed by atoms with Gasteiger partial charge in [0.2, 0.25) is 0 Å². The minimum atomic E-state index is -0.254. The van der Waals surface area contributed by atoms with Crippen LogP contribution in [0, 0.1) is 0 Å². The number of hydrogen-bond donors (Lipinski definition) is 0. The van der Waals surface area contributed by atoms with Gasteiger partial charge in [-0.25, -0.2) is 5.01 Å². The fourth-order valence-electron chi connectivity index (χ4n) is 3.02. The van der Waals surface area contributed by atoms with Crippen LogP contribution in [0.5, 0.6) is 0 Å². The van der Waals surface area contributed by atoms with E-state index >= 15 is 0 Å². The molecule has 0 saturated heterocycles. The van der Waals surface area contributed by atoms with Crippen LogP contribution in [0.25, 0.3) is 0 Å². The molecule has 2 aromatic rings. The molecule has 0 bridgehead atoms. The Morgan fingerprint density at radius 3 is 2.64 bits per heavy atom. The average molecular weight is 436 g/mol. The topological polar surface area (TPSA) is 49.1 Å². The molecule has 3 rings (SSSR count). The van der Waals surface area contributed by atoms with Gasteiger partial charge in [-0.05, 0) is 43.7 Å². The van der Waals surface area contributed by atoms with Crippen molar-refractivity contribution < 1.29 is 9.21 Å². The third-order valence-electron chi connectivity index (χ3n) is 4.56. The van der Waals surface area contributed by atoms with Crippen LogP contribution in [0.15, 0.2) is 52.2 Å². The minimum Gasteiger partial charge on any atom is -0.467 e. The van der Waals surface area contributed by atoms with Crippen LogP contribution in [0.4, 0.5) is 0 Å². The number of benzene rings is 1. The molecule has 0 spiro atoms. The van der Waals surface area contributed by atoms with Gasteiger partial charge in [-0.2, -0.15) is 5.10 Å². The van der Waals surface area contributed by atoms with Crippen LogP contribution in [-0.4, -0.2) is 44.7 Å². The lowest BCUT2D eigenvalue weighted by atomic mass is 10.0. The molecule has 0 fully saturated rings. The van der Waals surface area contributed by atoms with E-state index in [1.54, 1.807) is 6.26 Å². The van der Waals surface area contributed by atoms with Crippen LogP contribution in [-0.2, 0) is 4.79 Å². The second kappa shape index (κ2) is 9.58. The molecule has 1 aromatic carbocycles. The molecule has 8 heteroatoms. The maximum Gasteiger partial charge on any atom is 0.253 e. The Morgan fingerprint density at radius 2 is 2.04 bits per heavy atom. The van der Waals surface area contributed by atoms with Gasteiger partial charge in [-0.15, -0.1) is 0 Å². The maximum absolute atomic E-state index is 12.9. The van der Waals surface area contributed by atoms with Gasteiger partial charge in [-0.3, -0.25) is 4.79 Å². The van der Waals surface area contributed by atoms with Gasteiger partial charge in [0.1, 0.15) is 16.1 Å². The summed E-state index contributed by atoms with van der Waals surface area (Å²) in [6.45, 7) is 5.75. The number of nitrogens with zero attached hydrogens (tertiary/aromatic N) is 3. The number of thioether (sulfide) groups is 1. The summed E-state index contributed by atoms with van der Waals surface area (Å²) in [5, 5.41) is 6.81. The van der Waals surface area contributed by atoms with E-state index in [1.807, 2.05) is 50.2 Å². The Bertz CT molecular complexity index is 849. The largest absolute Gasteiger partial charge is 0.467 e. The Balaban J connectivity index is 1.77. The lowest BCUT2D eigenvalue weighted by Gasteiger charge is -2.23. The maximum atomic E-state index is 12.9. The molecule has 2 heterocycles. The Labute approximate surface area is 179 Å². The minimum absolute atomic E-state index is 0.0927. The highest BCUT2D eigenvalue weighted by molar-refractivity contribution is 8.23. The molecule has 0 aliphatic carbocycles. The monoisotopic (exact) mass is 435 g/mol. The van der Waals surface area contributed by atoms with Crippen molar-refractivity contribution in [3.05, 3.63) is 59.0 Å². The predicted octanol–water partition coefficient (Wildman–Crippen LogP) is 4.97. The van der Waals surface area contributed by atoms with E-state index in [0.717, 1.165) is 34.4 Å². The smallest absolute Gasteiger partial charge is 0.253 e. The quantitative estimate of drug-likeness (QED) is 0.599. The number of rotatable bonds is 6. The first kappa shape index (κ1) is 20.9. The molecular formula is C20H22ClN3O2S2. The van der Waals surface area contributed by atoms with Gasteiger partial charge in [0.25, 0.3) is 5.91 Å². The number of carbonyl (C=O) groups excluding carboxylic acids is 1. The number of halogens is 1. The van der Waals surface area contributed by atoms with Crippen molar-refractivity contribution in [1.82, 2.24) is 9.91 Å². The van der Waals surface area contributed by atoms with Crippen LogP contribution in [0.2, 0.25) is 5.02 Å². The fourth-order valence-corrected chi connectivity index (χ4v) is 4.40. The second-order valence-corrected chi connectivity index (χ2v) is 8.30. The van der Waals surface area contributed by atoms with Gasteiger partial charge >= 0.3 is 0 Å². The highest BCUT2D eigenvalue weighted by Crippen LogP contribution is 2.33. The van der Waals surface area contributed by atoms with Crippen LogP contribution in [0.3, 0.4) is 0 Å². The molecule has 5 nitrogen and oxygen atoms in total. The summed E-state index contributed by atoms with van der Waals surface area (Å²) < 4.78 is 6.30. The van der Waals surface area contributed by atoms with Crippen LogP contribution in [0.1, 0.15) is 37.6 Å². The first-order valence-electron chi connectivity index (χ1n) is 9.14. The Hall–Kier alpha value is -1.83.